The molecule has 1 heterocycles. The Kier molecular flexibility index (Phi) is 3.57. The zero-order chi connectivity index (χ0) is 11.6. The van der Waals surface area contributed by atoms with Crippen LogP contribution in [0.3, 0.4) is 0 Å². The van der Waals surface area contributed by atoms with Gasteiger partial charge in [-0.3, -0.25) is 4.79 Å². The number of nitrogens with two attached hydrogens (primary N) is 1. The van der Waals surface area contributed by atoms with Crippen molar-refractivity contribution < 1.29 is 19.4 Å². The molecule has 1 aromatic heterocycles. The molecule has 0 radical (unpaired) electrons. The van der Waals surface area contributed by atoms with E-state index in [-0.39, 0.29) is 10.6 Å². The second-order valence-electron chi connectivity index (χ2n) is 2.83. The molecule has 15 heavy (non-hydrogen) atoms. The van der Waals surface area contributed by atoms with E-state index in [1.807, 2.05) is 0 Å². The third-order valence-electron chi connectivity index (χ3n) is 1.74. The number of carbonyl (C=O) groups excluding carboxylic acids is 1. The number of aromatic nitrogens is 1. The molecule has 5 nitrogen and oxygen atoms in total. The maximum absolute atomic E-state index is 13.1. The van der Waals surface area contributed by atoms with Crippen molar-refractivity contribution in [3.05, 3.63) is 28.8 Å². The molecule has 0 fully saturated rings. The standard InChI is InChI=1S/C8H8ClFN2O3/c9-3-1-4(7(10)12-2-3)5(13)6(14)8(11)15/h1-2,5-6,13-14H,(H2,11,15). The summed E-state index contributed by atoms with van der Waals surface area (Å²) < 4.78 is 13.1. The molecule has 0 spiro atoms. The normalized spacial score (nSPS) is 14.7. The summed E-state index contributed by atoms with van der Waals surface area (Å²) in [5.41, 5.74) is 4.36. The van der Waals surface area contributed by atoms with Gasteiger partial charge in [-0.15, -0.1) is 0 Å². The van der Waals surface area contributed by atoms with Crippen molar-refractivity contribution in [2.24, 2.45) is 5.73 Å². The highest BCUT2D eigenvalue weighted by Gasteiger charge is 2.26. The Hall–Kier alpha value is -1.24. The summed E-state index contributed by atoms with van der Waals surface area (Å²) in [4.78, 5) is 13.8. The molecule has 82 valence electrons. The van der Waals surface area contributed by atoms with Crippen molar-refractivity contribution in [2.45, 2.75) is 12.2 Å². The van der Waals surface area contributed by atoms with E-state index in [0.717, 1.165) is 12.3 Å². The largest absolute Gasteiger partial charge is 0.385 e. The highest BCUT2D eigenvalue weighted by atomic mass is 35.5. The van der Waals surface area contributed by atoms with Gasteiger partial charge < -0.3 is 15.9 Å². The summed E-state index contributed by atoms with van der Waals surface area (Å²) in [6.45, 7) is 0. The minimum Gasteiger partial charge on any atom is -0.385 e. The van der Waals surface area contributed by atoms with Crippen LogP contribution in [0.5, 0.6) is 0 Å². The molecular weight excluding hydrogens is 227 g/mol. The van der Waals surface area contributed by atoms with Crippen molar-refractivity contribution in [1.82, 2.24) is 4.98 Å². The van der Waals surface area contributed by atoms with E-state index in [9.17, 15) is 14.3 Å². The second-order valence-corrected chi connectivity index (χ2v) is 3.26. The Morgan fingerprint density at radius 1 is 1.60 bits per heavy atom. The predicted molar refractivity (Wildman–Crippen MR) is 49.4 cm³/mol. The number of halogens is 2. The number of nitrogens with zero attached hydrogens (tertiary/aromatic N) is 1. The van der Waals surface area contributed by atoms with Crippen LogP contribution in [0, 0.1) is 5.95 Å². The Morgan fingerprint density at radius 2 is 2.20 bits per heavy atom. The lowest BCUT2D eigenvalue weighted by Gasteiger charge is -2.15. The number of aliphatic hydroxyl groups excluding tert-OH is 2. The molecule has 0 bridgehead atoms. The lowest BCUT2D eigenvalue weighted by Crippen LogP contribution is -2.34. The quantitative estimate of drug-likeness (QED) is 0.629. The first-order valence-corrected chi connectivity index (χ1v) is 4.27. The average Bonchev–Trinajstić information content (AvgIpc) is 2.19. The van der Waals surface area contributed by atoms with E-state index in [1.165, 1.54) is 0 Å². The van der Waals surface area contributed by atoms with Gasteiger partial charge in [0.05, 0.1) is 5.02 Å². The molecule has 0 aliphatic heterocycles. The average molecular weight is 235 g/mol. The summed E-state index contributed by atoms with van der Waals surface area (Å²) in [6.07, 6.45) is -2.66. The summed E-state index contributed by atoms with van der Waals surface area (Å²) in [5, 5.41) is 18.5. The second kappa shape index (κ2) is 4.52. The Bertz CT molecular complexity index is 388. The van der Waals surface area contributed by atoms with E-state index in [0.29, 0.717) is 0 Å². The highest BCUT2D eigenvalue weighted by Crippen LogP contribution is 2.21. The van der Waals surface area contributed by atoms with Crippen LogP contribution >= 0.6 is 11.6 Å². The van der Waals surface area contributed by atoms with Crippen LogP contribution in [0.1, 0.15) is 11.7 Å². The smallest absolute Gasteiger partial charge is 0.249 e. The van der Waals surface area contributed by atoms with Gasteiger partial charge in [0, 0.05) is 11.8 Å². The summed E-state index contributed by atoms with van der Waals surface area (Å²) in [5.74, 6) is -2.19. The van der Waals surface area contributed by atoms with Gasteiger partial charge in [-0.05, 0) is 6.07 Å². The van der Waals surface area contributed by atoms with Gasteiger partial charge in [0.2, 0.25) is 11.9 Å². The fourth-order valence-corrected chi connectivity index (χ4v) is 1.14. The molecule has 0 saturated carbocycles. The molecule has 2 unspecified atom stereocenters. The lowest BCUT2D eigenvalue weighted by molar-refractivity contribution is -0.132. The van der Waals surface area contributed by atoms with Crippen LogP contribution in [0.15, 0.2) is 12.3 Å². The maximum Gasteiger partial charge on any atom is 0.249 e. The van der Waals surface area contributed by atoms with Gasteiger partial charge in [0.25, 0.3) is 0 Å². The molecular formula is C8H8ClFN2O3. The van der Waals surface area contributed by atoms with Crippen molar-refractivity contribution in [1.29, 1.82) is 0 Å². The van der Waals surface area contributed by atoms with Crippen LogP contribution in [0.4, 0.5) is 4.39 Å². The third-order valence-corrected chi connectivity index (χ3v) is 1.95. The fourth-order valence-electron chi connectivity index (χ4n) is 0.971. The van der Waals surface area contributed by atoms with Crippen molar-refractivity contribution in [2.75, 3.05) is 0 Å². The van der Waals surface area contributed by atoms with Crippen LogP contribution in [-0.2, 0) is 4.79 Å². The zero-order valence-corrected chi connectivity index (χ0v) is 8.15. The number of hydrogen-bond acceptors (Lipinski definition) is 4. The number of hydrogen-bond donors (Lipinski definition) is 3. The molecule has 0 aliphatic carbocycles. The van der Waals surface area contributed by atoms with Gasteiger partial charge in [-0.2, -0.15) is 4.39 Å². The molecule has 1 amide bonds. The monoisotopic (exact) mass is 234 g/mol. The van der Waals surface area contributed by atoms with Gasteiger partial charge in [0.1, 0.15) is 6.10 Å². The Morgan fingerprint density at radius 3 is 2.73 bits per heavy atom. The molecule has 0 saturated heterocycles. The van der Waals surface area contributed by atoms with Gasteiger partial charge in [0.15, 0.2) is 6.10 Å². The van der Waals surface area contributed by atoms with E-state index in [1.54, 1.807) is 0 Å². The van der Waals surface area contributed by atoms with Crippen molar-refractivity contribution in [3.8, 4) is 0 Å². The first kappa shape index (κ1) is 11.8. The SMILES string of the molecule is NC(=O)C(O)C(O)c1cc(Cl)cnc1F. The van der Waals surface area contributed by atoms with Crippen LogP contribution in [-0.4, -0.2) is 27.2 Å². The van der Waals surface area contributed by atoms with Crippen LogP contribution in [0.2, 0.25) is 5.02 Å². The van der Waals surface area contributed by atoms with Crippen molar-refractivity contribution >= 4 is 17.5 Å². The molecule has 0 aromatic carbocycles. The third kappa shape index (κ3) is 2.62. The number of aliphatic hydroxyl groups is 2. The number of pyridine rings is 1. The molecule has 2 atom stereocenters. The van der Waals surface area contributed by atoms with Crippen molar-refractivity contribution in [3.63, 3.8) is 0 Å². The number of rotatable bonds is 3. The Balaban J connectivity index is 3.04. The zero-order valence-electron chi connectivity index (χ0n) is 7.39. The van der Waals surface area contributed by atoms with E-state index in [4.69, 9.17) is 22.4 Å². The number of primary amides is 1. The maximum atomic E-state index is 13.1. The molecule has 4 N–H and O–H groups in total. The predicted octanol–water partition coefficient (Wildman–Crippen LogP) is -0.246. The lowest BCUT2D eigenvalue weighted by atomic mass is 10.1. The number of carbonyl (C=O) groups is 1. The first-order chi connectivity index (χ1) is 6.93. The van der Waals surface area contributed by atoms with E-state index < -0.39 is 24.1 Å². The summed E-state index contributed by atoms with van der Waals surface area (Å²) in [7, 11) is 0. The van der Waals surface area contributed by atoms with Gasteiger partial charge in [-0.25, -0.2) is 4.98 Å². The van der Waals surface area contributed by atoms with Gasteiger partial charge >= 0.3 is 0 Å². The minimum absolute atomic E-state index is 0.0714. The fraction of sp³-hybridized carbons (Fsp3) is 0.250. The molecule has 1 rings (SSSR count). The minimum atomic E-state index is -1.90. The van der Waals surface area contributed by atoms with Crippen LogP contribution in [0.25, 0.3) is 0 Å². The topological polar surface area (TPSA) is 96.4 Å². The van der Waals surface area contributed by atoms with Crippen LogP contribution < -0.4 is 5.73 Å². The molecule has 7 heteroatoms. The van der Waals surface area contributed by atoms with Gasteiger partial charge in [-0.1, -0.05) is 11.6 Å². The summed E-state index contributed by atoms with van der Waals surface area (Å²) in [6, 6.07) is 1.06. The summed E-state index contributed by atoms with van der Waals surface area (Å²) >= 11 is 5.51. The first-order valence-electron chi connectivity index (χ1n) is 3.90. The number of amides is 1. The highest BCUT2D eigenvalue weighted by molar-refractivity contribution is 6.30. The van der Waals surface area contributed by atoms with E-state index >= 15 is 0 Å². The molecule has 1 aromatic rings. The molecule has 0 aliphatic rings. The Labute approximate surface area is 89.3 Å². The van der Waals surface area contributed by atoms with E-state index in [2.05, 4.69) is 4.98 Å².